The van der Waals surface area contributed by atoms with E-state index in [1.54, 1.807) is 0 Å². The fourth-order valence-corrected chi connectivity index (χ4v) is 3.26. The minimum absolute atomic E-state index is 0.0850. The van der Waals surface area contributed by atoms with Crippen LogP contribution in [0.4, 0.5) is 4.79 Å². The van der Waals surface area contributed by atoms with E-state index < -0.39 is 12.0 Å². The van der Waals surface area contributed by atoms with Gasteiger partial charge >= 0.3 is 12.0 Å². The molecule has 0 unspecified atom stereocenters. The molecule has 0 spiro atoms. The van der Waals surface area contributed by atoms with Crippen molar-refractivity contribution in [1.82, 2.24) is 14.7 Å². The predicted octanol–water partition coefficient (Wildman–Crippen LogP) is 0.929. The van der Waals surface area contributed by atoms with E-state index in [-0.39, 0.29) is 6.03 Å². The van der Waals surface area contributed by atoms with Crippen molar-refractivity contribution in [2.45, 2.75) is 31.7 Å². The van der Waals surface area contributed by atoms with Gasteiger partial charge in [-0.15, -0.1) is 0 Å². The Balaban J connectivity index is 1.87. The molecule has 20 heavy (non-hydrogen) atoms. The molecule has 1 atom stereocenters. The van der Waals surface area contributed by atoms with Crippen molar-refractivity contribution in [2.75, 3.05) is 40.3 Å². The summed E-state index contributed by atoms with van der Waals surface area (Å²) in [5, 5.41) is 9.15. The zero-order valence-corrected chi connectivity index (χ0v) is 12.4. The smallest absolute Gasteiger partial charge is 0.326 e. The predicted molar refractivity (Wildman–Crippen MR) is 75.6 cm³/mol. The van der Waals surface area contributed by atoms with Gasteiger partial charge in [0.2, 0.25) is 0 Å². The first kappa shape index (κ1) is 15.1. The molecule has 2 heterocycles. The van der Waals surface area contributed by atoms with Gasteiger partial charge in [-0.1, -0.05) is 0 Å². The Kier molecular flexibility index (Phi) is 4.86. The number of carbonyl (C=O) groups excluding carboxylic acids is 1. The van der Waals surface area contributed by atoms with Crippen molar-refractivity contribution >= 4 is 12.0 Å². The van der Waals surface area contributed by atoms with Gasteiger partial charge in [0.1, 0.15) is 6.04 Å². The van der Waals surface area contributed by atoms with Crippen LogP contribution in [0.1, 0.15) is 25.7 Å². The molecule has 2 aliphatic rings. The number of piperidine rings is 1. The summed E-state index contributed by atoms with van der Waals surface area (Å²) in [7, 11) is 4.14. The molecule has 0 aromatic heterocycles. The van der Waals surface area contributed by atoms with Crippen LogP contribution in [0.5, 0.6) is 0 Å². The topological polar surface area (TPSA) is 64.1 Å². The second-order valence-electron chi connectivity index (χ2n) is 6.16. The normalized spacial score (nSPS) is 24.4. The van der Waals surface area contributed by atoms with E-state index in [4.69, 9.17) is 5.11 Å². The van der Waals surface area contributed by atoms with Crippen LogP contribution in [-0.2, 0) is 4.79 Å². The van der Waals surface area contributed by atoms with E-state index in [9.17, 15) is 9.59 Å². The summed E-state index contributed by atoms with van der Waals surface area (Å²) < 4.78 is 0. The van der Waals surface area contributed by atoms with Crippen LogP contribution < -0.4 is 0 Å². The van der Waals surface area contributed by atoms with Crippen LogP contribution >= 0.6 is 0 Å². The number of rotatable bonds is 3. The fourth-order valence-electron chi connectivity index (χ4n) is 3.26. The monoisotopic (exact) mass is 283 g/mol. The number of nitrogens with zero attached hydrogens (tertiary/aromatic N) is 3. The number of aliphatic carboxylic acids is 1. The van der Waals surface area contributed by atoms with Crippen molar-refractivity contribution in [1.29, 1.82) is 0 Å². The Morgan fingerprint density at radius 3 is 2.35 bits per heavy atom. The lowest BCUT2D eigenvalue weighted by Gasteiger charge is -2.36. The van der Waals surface area contributed by atoms with E-state index in [0.29, 0.717) is 18.9 Å². The zero-order chi connectivity index (χ0) is 14.7. The first-order chi connectivity index (χ1) is 9.49. The lowest BCUT2D eigenvalue weighted by Crippen LogP contribution is -2.50. The maximum absolute atomic E-state index is 12.4. The molecule has 0 aromatic carbocycles. The zero-order valence-electron chi connectivity index (χ0n) is 12.4. The quantitative estimate of drug-likeness (QED) is 0.837. The standard InChI is InChI=1S/C14H25N3O3/c1-15(2)10-11-5-8-16(9-6-11)14(20)17-7-3-4-12(17)13(18)19/h11-12H,3-10H2,1-2H3,(H,18,19)/t12-/m1/s1. The lowest BCUT2D eigenvalue weighted by molar-refractivity contribution is -0.141. The van der Waals surface area contributed by atoms with Crippen LogP contribution in [0.3, 0.4) is 0 Å². The van der Waals surface area contributed by atoms with E-state index in [0.717, 1.165) is 38.9 Å². The molecule has 114 valence electrons. The van der Waals surface area contributed by atoms with Crippen LogP contribution in [0, 0.1) is 5.92 Å². The van der Waals surface area contributed by atoms with E-state index >= 15 is 0 Å². The van der Waals surface area contributed by atoms with Crippen LogP contribution in [0.25, 0.3) is 0 Å². The lowest BCUT2D eigenvalue weighted by atomic mass is 9.96. The first-order valence-electron chi connectivity index (χ1n) is 7.42. The van der Waals surface area contributed by atoms with Gasteiger partial charge in [-0.25, -0.2) is 9.59 Å². The number of hydrogen-bond acceptors (Lipinski definition) is 3. The molecular weight excluding hydrogens is 258 g/mol. The number of likely N-dealkylation sites (tertiary alicyclic amines) is 2. The van der Waals surface area contributed by atoms with Crippen molar-refractivity contribution in [2.24, 2.45) is 5.92 Å². The van der Waals surface area contributed by atoms with Gasteiger partial charge in [-0.3, -0.25) is 0 Å². The minimum Gasteiger partial charge on any atom is -0.480 e. The van der Waals surface area contributed by atoms with Gasteiger partial charge in [0, 0.05) is 26.2 Å². The highest BCUT2D eigenvalue weighted by Crippen LogP contribution is 2.23. The Labute approximate surface area is 120 Å². The molecule has 0 radical (unpaired) electrons. The molecule has 2 amide bonds. The summed E-state index contributed by atoms with van der Waals surface area (Å²) in [6, 6.07) is -0.708. The summed E-state index contributed by atoms with van der Waals surface area (Å²) in [4.78, 5) is 29.1. The van der Waals surface area contributed by atoms with Gasteiger partial charge < -0.3 is 19.8 Å². The summed E-state index contributed by atoms with van der Waals surface area (Å²) in [5.41, 5.74) is 0. The van der Waals surface area contributed by atoms with Crippen molar-refractivity contribution < 1.29 is 14.7 Å². The molecule has 0 aromatic rings. The molecule has 0 aliphatic carbocycles. The van der Waals surface area contributed by atoms with E-state index in [1.165, 1.54) is 4.90 Å². The van der Waals surface area contributed by atoms with Crippen molar-refractivity contribution in [3.8, 4) is 0 Å². The second-order valence-corrected chi connectivity index (χ2v) is 6.16. The Hall–Kier alpha value is -1.30. The van der Waals surface area contributed by atoms with Crippen LogP contribution in [-0.4, -0.2) is 78.1 Å². The molecule has 1 N–H and O–H groups in total. The fraction of sp³-hybridized carbons (Fsp3) is 0.857. The molecule has 0 bridgehead atoms. The maximum Gasteiger partial charge on any atom is 0.326 e. The number of carbonyl (C=O) groups is 2. The number of carboxylic acids is 1. The van der Waals surface area contributed by atoms with Gasteiger partial charge in [-0.2, -0.15) is 0 Å². The van der Waals surface area contributed by atoms with Gasteiger partial charge in [-0.05, 0) is 45.7 Å². The SMILES string of the molecule is CN(C)CC1CCN(C(=O)N2CCC[C@@H]2C(=O)O)CC1. The molecule has 2 aliphatic heterocycles. The van der Waals surface area contributed by atoms with E-state index in [1.807, 2.05) is 4.90 Å². The highest BCUT2D eigenvalue weighted by Gasteiger charge is 2.37. The van der Waals surface area contributed by atoms with Crippen molar-refractivity contribution in [3.05, 3.63) is 0 Å². The molecule has 6 heteroatoms. The highest BCUT2D eigenvalue weighted by atomic mass is 16.4. The highest BCUT2D eigenvalue weighted by molar-refractivity contribution is 5.83. The summed E-state index contributed by atoms with van der Waals surface area (Å²) >= 11 is 0. The molecule has 2 saturated heterocycles. The number of hydrogen-bond donors (Lipinski definition) is 1. The maximum atomic E-state index is 12.4. The van der Waals surface area contributed by atoms with E-state index in [2.05, 4.69) is 19.0 Å². The molecule has 6 nitrogen and oxygen atoms in total. The number of carboxylic acid groups (broad SMARTS) is 1. The van der Waals surface area contributed by atoms with Crippen molar-refractivity contribution in [3.63, 3.8) is 0 Å². The molecule has 0 saturated carbocycles. The third kappa shape index (κ3) is 3.42. The summed E-state index contributed by atoms with van der Waals surface area (Å²) in [5.74, 6) is -0.235. The second kappa shape index (κ2) is 6.43. The van der Waals surface area contributed by atoms with Gasteiger partial charge in [0.05, 0.1) is 0 Å². The summed E-state index contributed by atoms with van der Waals surface area (Å²) in [6.07, 6.45) is 3.39. The molecule has 2 rings (SSSR count). The third-order valence-corrected chi connectivity index (χ3v) is 4.29. The Bertz CT molecular complexity index is 365. The Morgan fingerprint density at radius 2 is 1.80 bits per heavy atom. The first-order valence-corrected chi connectivity index (χ1v) is 7.42. The number of amides is 2. The largest absolute Gasteiger partial charge is 0.480 e. The molecule has 2 fully saturated rings. The van der Waals surface area contributed by atoms with Gasteiger partial charge in [0.15, 0.2) is 0 Å². The van der Waals surface area contributed by atoms with Gasteiger partial charge in [0.25, 0.3) is 0 Å². The average molecular weight is 283 g/mol. The minimum atomic E-state index is -0.877. The van der Waals surface area contributed by atoms with Crippen LogP contribution in [0.2, 0.25) is 0 Å². The van der Waals surface area contributed by atoms with Crippen LogP contribution in [0.15, 0.2) is 0 Å². The summed E-state index contributed by atoms with van der Waals surface area (Å²) in [6.45, 7) is 3.14. The Morgan fingerprint density at radius 1 is 1.15 bits per heavy atom. The molecular formula is C14H25N3O3. The average Bonchev–Trinajstić information content (AvgIpc) is 2.87. The number of urea groups is 1. The third-order valence-electron chi connectivity index (χ3n) is 4.29.